The van der Waals surface area contributed by atoms with Gasteiger partial charge in [-0.15, -0.1) is 0 Å². The fraction of sp³-hybridized carbons (Fsp3) is 0.941. The van der Waals surface area contributed by atoms with Crippen molar-refractivity contribution in [2.24, 2.45) is 17.8 Å². The van der Waals surface area contributed by atoms with E-state index in [9.17, 15) is 4.79 Å². The van der Waals surface area contributed by atoms with E-state index >= 15 is 0 Å². The van der Waals surface area contributed by atoms with Gasteiger partial charge in [0.15, 0.2) is 11.5 Å². The topological polar surface area (TPSA) is 17.1 Å². The molecule has 0 bridgehead atoms. The molecular weight excluding hydrogens is 252 g/mol. The fourth-order valence-corrected chi connectivity index (χ4v) is 7.72. The first-order chi connectivity index (χ1) is 9.16. The van der Waals surface area contributed by atoms with Crippen molar-refractivity contribution in [2.45, 2.75) is 75.7 Å². The second-order valence-electron chi connectivity index (χ2n) is 7.24. The summed E-state index contributed by atoms with van der Waals surface area (Å²) in [5.41, 5.74) is 0. The Labute approximate surface area is 121 Å². The zero-order chi connectivity index (χ0) is 13.4. The third kappa shape index (κ3) is 2.75. The molecule has 1 saturated heterocycles. The lowest BCUT2D eigenvalue weighted by atomic mass is 9.69. The summed E-state index contributed by atoms with van der Waals surface area (Å²) in [6, 6.07) is 0. The van der Waals surface area contributed by atoms with Gasteiger partial charge in [0.1, 0.15) is 10.5 Å². The Hall–Kier alpha value is 0.0200. The highest BCUT2D eigenvalue weighted by Crippen LogP contribution is 2.46. The van der Waals surface area contributed by atoms with Gasteiger partial charge >= 0.3 is 0 Å². The zero-order valence-electron chi connectivity index (χ0n) is 12.6. The highest BCUT2D eigenvalue weighted by atomic mass is 32.2. The maximum Gasteiger partial charge on any atom is 0.189 e. The molecule has 2 aliphatic carbocycles. The largest absolute Gasteiger partial charge is 0.294 e. The molecule has 3 fully saturated rings. The molecule has 1 nitrogen and oxygen atoms in total. The van der Waals surface area contributed by atoms with Crippen molar-refractivity contribution >= 4 is 16.7 Å². The van der Waals surface area contributed by atoms with Crippen molar-refractivity contribution in [3.8, 4) is 0 Å². The first-order valence-electron chi connectivity index (χ1n) is 8.38. The third-order valence-electron chi connectivity index (χ3n) is 5.86. The molecular formula is C17H29OS+. The van der Waals surface area contributed by atoms with E-state index in [1.165, 1.54) is 51.4 Å². The van der Waals surface area contributed by atoms with Gasteiger partial charge in [0.05, 0.1) is 5.92 Å². The van der Waals surface area contributed by atoms with E-state index in [-0.39, 0.29) is 0 Å². The zero-order valence-corrected chi connectivity index (χ0v) is 13.4. The van der Waals surface area contributed by atoms with Crippen LogP contribution >= 0.6 is 0 Å². The number of rotatable bonds is 2. The molecule has 0 aromatic rings. The molecule has 1 heterocycles. The van der Waals surface area contributed by atoms with Crippen molar-refractivity contribution in [1.29, 1.82) is 0 Å². The molecule has 19 heavy (non-hydrogen) atoms. The van der Waals surface area contributed by atoms with Gasteiger partial charge in [-0.1, -0.05) is 32.1 Å². The van der Waals surface area contributed by atoms with Crippen LogP contribution in [0.3, 0.4) is 0 Å². The minimum absolute atomic E-state index is 0.405. The van der Waals surface area contributed by atoms with Crippen molar-refractivity contribution in [3.05, 3.63) is 0 Å². The summed E-state index contributed by atoms with van der Waals surface area (Å²) < 4.78 is 0. The molecule has 0 spiro atoms. The highest BCUT2D eigenvalue weighted by molar-refractivity contribution is 7.99. The summed E-state index contributed by atoms with van der Waals surface area (Å²) in [4.78, 5) is 12.4. The number of fused-ring (bicyclic) bond motifs is 1. The van der Waals surface area contributed by atoms with Crippen LogP contribution in [0.5, 0.6) is 0 Å². The van der Waals surface area contributed by atoms with Gasteiger partial charge in [-0.2, -0.15) is 0 Å². The first-order valence-corrected chi connectivity index (χ1v) is 9.90. The van der Waals surface area contributed by atoms with E-state index in [2.05, 4.69) is 13.8 Å². The Morgan fingerprint density at radius 2 is 1.74 bits per heavy atom. The van der Waals surface area contributed by atoms with Crippen LogP contribution in [0.2, 0.25) is 0 Å². The van der Waals surface area contributed by atoms with Gasteiger partial charge in [0.2, 0.25) is 0 Å². The summed E-state index contributed by atoms with van der Waals surface area (Å²) in [7, 11) is 0.405. The van der Waals surface area contributed by atoms with E-state index in [1.54, 1.807) is 0 Å². The van der Waals surface area contributed by atoms with Gasteiger partial charge in [-0.25, -0.2) is 0 Å². The fourth-order valence-electron chi connectivity index (χ4n) is 4.80. The Bertz CT molecular complexity index is 332. The van der Waals surface area contributed by atoms with E-state index in [4.69, 9.17) is 0 Å². The molecule has 0 aromatic heterocycles. The maximum absolute atomic E-state index is 12.4. The van der Waals surface area contributed by atoms with Crippen LogP contribution in [0.15, 0.2) is 0 Å². The molecule has 3 rings (SSSR count). The average molecular weight is 281 g/mol. The molecule has 0 aromatic carbocycles. The Morgan fingerprint density at radius 3 is 2.42 bits per heavy atom. The van der Waals surface area contributed by atoms with Crippen molar-refractivity contribution in [2.75, 3.05) is 5.75 Å². The quantitative estimate of drug-likeness (QED) is 0.700. The van der Waals surface area contributed by atoms with Crippen molar-refractivity contribution < 1.29 is 4.79 Å². The molecule has 4 unspecified atom stereocenters. The van der Waals surface area contributed by atoms with Crippen LogP contribution in [0.25, 0.3) is 0 Å². The molecule has 4 atom stereocenters. The highest BCUT2D eigenvalue weighted by Gasteiger charge is 2.54. The summed E-state index contributed by atoms with van der Waals surface area (Å²) in [6.45, 7) is 4.65. The van der Waals surface area contributed by atoms with E-state index < -0.39 is 0 Å². The normalized spacial score (nSPS) is 40.7. The second-order valence-corrected chi connectivity index (χ2v) is 10.0. The minimum Gasteiger partial charge on any atom is -0.294 e. The molecule has 3 aliphatic rings. The van der Waals surface area contributed by atoms with Crippen molar-refractivity contribution in [1.82, 2.24) is 0 Å². The average Bonchev–Trinajstić information content (AvgIpc) is 2.77. The predicted octanol–water partition coefficient (Wildman–Crippen LogP) is 3.96. The number of hydrogen-bond donors (Lipinski definition) is 0. The van der Waals surface area contributed by atoms with Crippen LogP contribution in [0.4, 0.5) is 0 Å². The second kappa shape index (κ2) is 5.79. The summed E-state index contributed by atoms with van der Waals surface area (Å²) in [6.07, 6.45) is 11.3. The smallest absolute Gasteiger partial charge is 0.189 e. The molecule has 2 heteroatoms. The summed E-state index contributed by atoms with van der Waals surface area (Å²) in [5, 5.41) is 1.50. The van der Waals surface area contributed by atoms with Crippen LogP contribution in [0, 0.1) is 17.8 Å². The number of Topliss-reactive ketones (excluding diaryl/α,β-unsaturated/α-hetero) is 1. The SMILES string of the molecule is CC(C)[S+]1CC(=O)C2CC(C3CCCCC3)CCC21. The monoisotopic (exact) mass is 281 g/mol. The van der Waals surface area contributed by atoms with Crippen LogP contribution in [-0.4, -0.2) is 22.0 Å². The lowest BCUT2D eigenvalue weighted by Gasteiger charge is -2.36. The molecule has 2 saturated carbocycles. The third-order valence-corrected chi connectivity index (χ3v) is 9.03. The van der Waals surface area contributed by atoms with E-state index in [0.717, 1.165) is 28.1 Å². The van der Waals surface area contributed by atoms with Gasteiger partial charge in [0, 0.05) is 10.9 Å². The van der Waals surface area contributed by atoms with Crippen LogP contribution in [0.1, 0.15) is 65.2 Å². The molecule has 108 valence electrons. The van der Waals surface area contributed by atoms with Crippen LogP contribution in [-0.2, 0) is 15.7 Å². The lowest BCUT2D eigenvalue weighted by molar-refractivity contribution is -0.120. The Kier molecular flexibility index (Phi) is 4.26. The number of hydrogen-bond acceptors (Lipinski definition) is 1. The predicted molar refractivity (Wildman–Crippen MR) is 83.6 cm³/mol. The van der Waals surface area contributed by atoms with Gasteiger partial charge in [-0.3, -0.25) is 4.79 Å². The number of carbonyl (C=O) groups is 1. The van der Waals surface area contributed by atoms with Crippen LogP contribution < -0.4 is 0 Å². The number of carbonyl (C=O) groups excluding carboxylic acids is 1. The molecule has 0 amide bonds. The number of ketones is 1. The molecule has 0 radical (unpaired) electrons. The van der Waals surface area contributed by atoms with Gasteiger partial charge < -0.3 is 0 Å². The molecule has 1 aliphatic heterocycles. The Morgan fingerprint density at radius 1 is 1.00 bits per heavy atom. The van der Waals surface area contributed by atoms with E-state index in [0.29, 0.717) is 22.6 Å². The minimum atomic E-state index is 0.405. The lowest BCUT2D eigenvalue weighted by Crippen LogP contribution is -2.36. The maximum atomic E-state index is 12.4. The summed E-state index contributed by atoms with van der Waals surface area (Å²) in [5.74, 6) is 3.86. The molecule has 0 N–H and O–H groups in total. The van der Waals surface area contributed by atoms with E-state index in [1.807, 2.05) is 0 Å². The Balaban J connectivity index is 1.65. The van der Waals surface area contributed by atoms with Crippen molar-refractivity contribution in [3.63, 3.8) is 0 Å². The van der Waals surface area contributed by atoms with Gasteiger partial charge in [0.25, 0.3) is 0 Å². The standard InChI is InChI=1S/C17H29OS/c1-12(2)19-11-16(18)15-10-14(8-9-17(15)19)13-6-4-3-5-7-13/h12-15,17H,3-11H2,1-2H3/q+1. The first kappa shape index (κ1) is 14.0. The van der Waals surface area contributed by atoms with Gasteiger partial charge in [-0.05, 0) is 44.9 Å². The summed E-state index contributed by atoms with van der Waals surface area (Å²) >= 11 is 0.